The van der Waals surface area contributed by atoms with Gasteiger partial charge in [0.2, 0.25) is 0 Å². The Morgan fingerprint density at radius 2 is 0.676 bits per heavy atom. The minimum absolute atomic E-state index is 0. The molecule has 9 heteroatoms. The van der Waals surface area contributed by atoms with E-state index in [2.05, 4.69) is 55.8 Å². The van der Waals surface area contributed by atoms with Crippen molar-refractivity contribution >= 4 is 17.9 Å². The molecule has 0 bridgehead atoms. The Labute approximate surface area is 230 Å². The minimum atomic E-state index is -0.168. The Bertz CT molecular complexity index is 524. The Morgan fingerprint density at radius 3 is 0.784 bits per heavy atom. The molecule has 3 atom stereocenters. The first kappa shape index (κ1) is 42.4. The van der Waals surface area contributed by atoms with Gasteiger partial charge in [0.15, 0.2) is 0 Å². The molecular formula is C28H63N3O6. The lowest BCUT2D eigenvalue weighted by molar-refractivity contribution is -0.146. The molecule has 37 heavy (non-hydrogen) atoms. The summed E-state index contributed by atoms with van der Waals surface area (Å²) in [5.74, 6) is 1.21. The number of nitrogens with zero attached hydrogens (tertiary/aromatic N) is 3. The molecule has 0 aliphatic rings. The van der Waals surface area contributed by atoms with Crippen molar-refractivity contribution in [3.63, 3.8) is 0 Å². The highest BCUT2D eigenvalue weighted by Gasteiger charge is 2.20. The number of esters is 3. The van der Waals surface area contributed by atoms with Crippen molar-refractivity contribution in [3.05, 3.63) is 0 Å². The van der Waals surface area contributed by atoms with Crippen molar-refractivity contribution in [1.29, 1.82) is 0 Å². The molecular weight excluding hydrogens is 474 g/mol. The lowest BCUT2D eigenvalue weighted by Crippen LogP contribution is -2.38. The van der Waals surface area contributed by atoms with Gasteiger partial charge in [0.05, 0.1) is 21.3 Å². The van der Waals surface area contributed by atoms with Crippen LogP contribution in [0.4, 0.5) is 0 Å². The van der Waals surface area contributed by atoms with E-state index in [1.807, 2.05) is 56.6 Å². The maximum atomic E-state index is 11.1. The summed E-state index contributed by atoms with van der Waals surface area (Å²) in [5, 5.41) is 0. The molecule has 1 unspecified atom stereocenters. The number of carbonyl (C=O) groups excluding carboxylic acids is 3. The van der Waals surface area contributed by atoms with Crippen LogP contribution in [0.15, 0.2) is 0 Å². The Balaban J connectivity index is -0.000000140. The molecule has 0 aliphatic carbocycles. The molecule has 9 nitrogen and oxygen atoms in total. The molecule has 0 aliphatic heterocycles. The van der Waals surface area contributed by atoms with Crippen LogP contribution in [0.2, 0.25) is 0 Å². The van der Waals surface area contributed by atoms with Gasteiger partial charge >= 0.3 is 17.9 Å². The van der Waals surface area contributed by atoms with Gasteiger partial charge in [-0.15, -0.1) is 0 Å². The number of hydrogen-bond acceptors (Lipinski definition) is 9. The molecule has 0 fully saturated rings. The van der Waals surface area contributed by atoms with Gasteiger partial charge in [-0.3, -0.25) is 29.1 Å². The van der Waals surface area contributed by atoms with Crippen LogP contribution in [0.25, 0.3) is 0 Å². The fourth-order valence-electron chi connectivity index (χ4n) is 3.25. The van der Waals surface area contributed by atoms with Crippen molar-refractivity contribution < 1.29 is 30.0 Å². The first-order chi connectivity index (χ1) is 16.5. The SMILES string of the molecule is C.COC(=O)C(C)N(C)CC(C)C.COC(=O)[C@@H](C)N(C)CC(C)C.COC(=O)[C@H](C)N(C)CC(C)C.[2HH]. The summed E-state index contributed by atoms with van der Waals surface area (Å²) in [6.45, 7) is 21.1. The van der Waals surface area contributed by atoms with Gasteiger partial charge < -0.3 is 14.2 Å². The first-order valence-corrected chi connectivity index (χ1v) is 12.8. The third kappa shape index (κ3) is 22.0. The fourth-order valence-corrected chi connectivity index (χ4v) is 3.25. The largest absolute Gasteiger partial charge is 0.468 e. The second kappa shape index (κ2) is 23.4. The third-order valence-electron chi connectivity index (χ3n) is 5.57. The van der Waals surface area contributed by atoms with Gasteiger partial charge in [-0.25, -0.2) is 0 Å². The molecule has 0 saturated carbocycles. The third-order valence-corrected chi connectivity index (χ3v) is 5.57. The molecule has 0 aromatic rings. The van der Waals surface area contributed by atoms with E-state index >= 15 is 0 Å². The van der Waals surface area contributed by atoms with E-state index in [0.717, 1.165) is 19.6 Å². The van der Waals surface area contributed by atoms with E-state index in [-0.39, 0.29) is 44.9 Å². The molecule has 0 amide bonds. The molecule has 0 aromatic carbocycles. The summed E-state index contributed by atoms with van der Waals surface area (Å²) >= 11 is 0. The van der Waals surface area contributed by atoms with Crippen molar-refractivity contribution in [1.82, 2.24) is 14.7 Å². The van der Waals surface area contributed by atoms with Gasteiger partial charge in [0, 0.05) is 21.1 Å². The summed E-state index contributed by atoms with van der Waals surface area (Å²) < 4.78 is 13.9. The average Bonchev–Trinajstić information content (AvgIpc) is 2.80. The Hall–Kier alpha value is -1.71. The van der Waals surface area contributed by atoms with Crippen molar-refractivity contribution in [2.75, 3.05) is 62.1 Å². The maximum Gasteiger partial charge on any atom is 0.322 e. The van der Waals surface area contributed by atoms with Crippen LogP contribution in [-0.4, -0.2) is 113 Å². The van der Waals surface area contributed by atoms with Crippen LogP contribution in [0.5, 0.6) is 0 Å². The van der Waals surface area contributed by atoms with Crippen LogP contribution in [0.1, 0.15) is 71.2 Å². The smallest absolute Gasteiger partial charge is 0.322 e. The number of hydrogen-bond donors (Lipinski definition) is 0. The highest BCUT2D eigenvalue weighted by molar-refractivity contribution is 5.75. The fraction of sp³-hybridized carbons (Fsp3) is 0.893. The van der Waals surface area contributed by atoms with Gasteiger partial charge in [0.1, 0.15) is 18.1 Å². The summed E-state index contributed by atoms with van der Waals surface area (Å²) in [7, 11) is 10.1. The molecule has 0 N–H and O–H groups in total. The Morgan fingerprint density at radius 1 is 0.514 bits per heavy atom. The molecule has 0 aromatic heterocycles. The summed E-state index contributed by atoms with van der Waals surface area (Å²) in [6.07, 6.45) is 0. The number of methoxy groups -OCH3 is 3. The van der Waals surface area contributed by atoms with E-state index in [9.17, 15) is 14.4 Å². The molecule has 0 rings (SSSR count). The van der Waals surface area contributed by atoms with Gasteiger partial charge in [-0.2, -0.15) is 0 Å². The number of carbonyl (C=O) groups is 3. The normalized spacial score (nSPS) is 13.2. The van der Waals surface area contributed by atoms with Gasteiger partial charge in [-0.05, 0) is 59.7 Å². The number of rotatable bonds is 12. The van der Waals surface area contributed by atoms with E-state index in [1.54, 1.807) is 0 Å². The summed E-state index contributed by atoms with van der Waals surface area (Å²) in [4.78, 5) is 39.2. The average molecular weight is 539 g/mol. The van der Waals surface area contributed by atoms with E-state index in [4.69, 9.17) is 0 Å². The molecule has 0 radical (unpaired) electrons. The van der Waals surface area contributed by atoms with Crippen LogP contribution in [0, 0.1) is 17.8 Å². The monoisotopic (exact) mass is 538 g/mol. The van der Waals surface area contributed by atoms with E-state index < -0.39 is 0 Å². The van der Waals surface area contributed by atoms with Crippen molar-refractivity contribution in [3.8, 4) is 0 Å². The minimum Gasteiger partial charge on any atom is -0.468 e. The first-order valence-electron chi connectivity index (χ1n) is 12.8. The Kier molecular flexibility index (Phi) is 26.8. The maximum absolute atomic E-state index is 11.1. The van der Waals surface area contributed by atoms with Crippen LogP contribution in [0.3, 0.4) is 0 Å². The summed E-state index contributed by atoms with van der Waals surface area (Å²) in [6, 6.07) is -0.424. The highest BCUT2D eigenvalue weighted by atomic mass is 16.5. The zero-order valence-corrected chi connectivity index (χ0v) is 25.9. The second-order valence-electron chi connectivity index (χ2n) is 10.6. The van der Waals surface area contributed by atoms with Crippen LogP contribution in [-0.2, 0) is 28.6 Å². The van der Waals surface area contributed by atoms with Crippen LogP contribution >= 0.6 is 0 Å². The predicted molar refractivity (Wildman–Crippen MR) is 156 cm³/mol. The standard InChI is InChI=1S/3C9H19NO2.CH4.H2/c3*1-7(2)6-10(4)8(3)9(11)12-5;;/h3*7-8H,6H2,1-5H3;1H4;1H/t2*8-;;;/m10.../s1/i;;;;1+1. The zero-order valence-electron chi connectivity index (χ0n) is 25.9. The molecule has 226 valence electrons. The van der Waals surface area contributed by atoms with Crippen LogP contribution < -0.4 is 0 Å². The van der Waals surface area contributed by atoms with Gasteiger partial charge in [-0.1, -0.05) is 49.0 Å². The second-order valence-corrected chi connectivity index (χ2v) is 10.6. The van der Waals surface area contributed by atoms with Crippen molar-refractivity contribution in [2.45, 2.75) is 87.9 Å². The molecule has 0 heterocycles. The topological polar surface area (TPSA) is 88.6 Å². The predicted octanol–water partition coefficient (Wildman–Crippen LogP) is 4.29. The quantitative estimate of drug-likeness (QED) is 0.267. The molecule has 0 spiro atoms. The van der Waals surface area contributed by atoms with E-state index in [0.29, 0.717) is 17.8 Å². The highest BCUT2D eigenvalue weighted by Crippen LogP contribution is 2.04. The number of ether oxygens (including phenoxy) is 3. The zero-order chi connectivity index (χ0) is 29.2. The van der Waals surface area contributed by atoms with E-state index in [1.165, 1.54) is 21.3 Å². The van der Waals surface area contributed by atoms with Gasteiger partial charge in [0.25, 0.3) is 0 Å². The summed E-state index contributed by atoms with van der Waals surface area (Å²) in [5.41, 5.74) is 0. The number of likely N-dealkylation sites (N-methyl/N-ethyl adjacent to an activating group) is 3. The lowest BCUT2D eigenvalue weighted by Gasteiger charge is -2.23. The molecule has 0 saturated heterocycles. The lowest BCUT2D eigenvalue weighted by atomic mass is 10.2. The van der Waals surface area contributed by atoms with Crippen molar-refractivity contribution in [2.24, 2.45) is 17.8 Å².